The van der Waals surface area contributed by atoms with Crippen LogP contribution in [0.25, 0.3) is 0 Å². The maximum Gasteiger partial charge on any atom is 0.436 e. The predicted molar refractivity (Wildman–Crippen MR) is 125 cm³/mol. The van der Waals surface area contributed by atoms with E-state index in [-0.39, 0.29) is 40.5 Å². The van der Waals surface area contributed by atoms with E-state index in [1.54, 1.807) is 18.2 Å². The Balaban J connectivity index is 1.49. The van der Waals surface area contributed by atoms with Crippen LogP contribution in [0.15, 0.2) is 46.9 Å². The van der Waals surface area contributed by atoms with Gasteiger partial charge in [0.05, 0.1) is 33.4 Å². The number of aryl methyl sites for hydroxylation is 2. The van der Waals surface area contributed by atoms with Crippen LogP contribution in [0.4, 0.5) is 24.5 Å². The van der Waals surface area contributed by atoms with Crippen molar-refractivity contribution in [3.05, 3.63) is 74.0 Å². The van der Waals surface area contributed by atoms with Crippen molar-refractivity contribution in [2.75, 3.05) is 5.32 Å². The van der Waals surface area contributed by atoms with Gasteiger partial charge in [0.2, 0.25) is 5.91 Å². The van der Waals surface area contributed by atoms with Gasteiger partial charge in [0.25, 0.3) is 5.69 Å². The van der Waals surface area contributed by atoms with Gasteiger partial charge in [0.15, 0.2) is 5.69 Å². The van der Waals surface area contributed by atoms with Crippen molar-refractivity contribution in [2.24, 2.45) is 0 Å². The van der Waals surface area contributed by atoms with Crippen LogP contribution >= 0.6 is 15.9 Å². The van der Waals surface area contributed by atoms with Gasteiger partial charge in [-0.05, 0) is 53.4 Å². The van der Waals surface area contributed by atoms with Crippen LogP contribution in [0.5, 0.6) is 11.5 Å². The Kier molecular flexibility index (Phi) is 6.84. The number of nitro benzene ring substituents is 1. The smallest absolute Gasteiger partial charge is 0.436 e. The van der Waals surface area contributed by atoms with Crippen LogP contribution < -0.4 is 10.1 Å². The van der Waals surface area contributed by atoms with E-state index in [1.807, 2.05) is 13.0 Å². The minimum absolute atomic E-state index is 0.0332. The zero-order chi connectivity index (χ0) is 25.3. The summed E-state index contributed by atoms with van der Waals surface area (Å²) in [5.41, 5.74) is 0.191. The molecule has 0 bridgehead atoms. The van der Waals surface area contributed by atoms with Crippen molar-refractivity contribution in [1.82, 2.24) is 9.78 Å². The number of ether oxygens (including phenoxy) is 1. The van der Waals surface area contributed by atoms with Gasteiger partial charge in [-0.1, -0.05) is 12.1 Å². The topological polar surface area (TPSA) is 99.3 Å². The molecule has 0 aliphatic heterocycles. The van der Waals surface area contributed by atoms with E-state index in [4.69, 9.17) is 4.74 Å². The molecule has 1 N–H and O–H groups in total. The number of carbonyl (C=O) groups excluding carboxylic acids is 1. The summed E-state index contributed by atoms with van der Waals surface area (Å²) in [5.74, 6) is 0.0603. The molecule has 35 heavy (non-hydrogen) atoms. The zero-order valence-corrected chi connectivity index (χ0v) is 20.0. The molecule has 3 aromatic rings. The van der Waals surface area contributed by atoms with E-state index in [2.05, 4.69) is 26.3 Å². The number of aromatic nitrogens is 2. The van der Waals surface area contributed by atoms with Crippen LogP contribution in [-0.4, -0.2) is 20.6 Å². The van der Waals surface area contributed by atoms with E-state index in [1.165, 1.54) is 22.9 Å². The number of hydrogen-bond acceptors (Lipinski definition) is 5. The van der Waals surface area contributed by atoms with Crippen molar-refractivity contribution in [3.8, 4) is 11.5 Å². The lowest BCUT2D eigenvalue weighted by Gasteiger charge is -2.11. The van der Waals surface area contributed by atoms with Crippen molar-refractivity contribution < 1.29 is 27.6 Å². The zero-order valence-electron chi connectivity index (χ0n) is 18.4. The van der Waals surface area contributed by atoms with E-state index in [9.17, 15) is 28.1 Å². The first-order valence-corrected chi connectivity index (χ1v) is 11.5. The number of benzene rings is 2. The summed E-state index contributed by atoms with van der Waals surface area (Å²) >= 11 is 3.02. The summed E-state index contributed by atoms with van der Waals surface area (Å²) in [5, 5.41) is 17.6. The third-order valence-corrected chi connectivity index (χ3v) is 6.11. The van der Waals surface area contributed by atoms with Crippen LogP contribution in [0, 0.1) is 17.0 Å². The molecule has 0 spiro atoms. The average molecular weight is 553 g/mol. The second-order valence-electron chi connectivity index (χ2n) is 8.23. The molecule has 0 radical (unpaired) electrons. The standard InChI is InChI=1S/C23H20BrF3N4O4/c1-13-3-2-4-17(9-13)35-18-11-15(10-16(12-18)31(33)34)28-19(32)7-8-30-21(14-5-6-14)20(24)22(29-30)23(25,26)27/h2-4,9-12,14H,5-8H2,1H3,(H,28,32). The molecule has 1 saturated carbocycles. The maximum absolute atomic E-state index is 13.3. The molecule has 1 amide bonds. The summed E-state index contributed by atoms with van der Waals surface area (Å²) in [4.78, 5) is 23.3. The van der Waals surface area contributed by atoms with Gasteiger partial charge in [-0.3, -0.25) is 19.6 Å². The fourth-order valence-electron chi connectivity index (χ4n) is 3.62. The van der Waals surface area contributed by atoms with E-state index in [0.29, 0.717) is 11.4 Å². The Labute approximate surface area is 206 Å². The Morgan fingerprint density at radius 2 is 2.00 bits per heavy atom. The molecule has 1 aromatic heterocycles. The van der Waals surface area contributed by atoms with Crippen LogP contribution in [0.2, 0.25) is 0 Å². The fraction of sp³-hybridized carbons (Fsp3) is 0.304. The van der Waals surface area contributed by atoms with E-state index in [0.717, 1.165) is 18.4 Å². The van der Waals surface area contributed by atoms with Crippen molar-refractivity contribution in [3.63, 3.8) is 0 Å². The van der Waals surface area contributed by atoms with Crippen LogP contribution in [-0.2, 0) is 17.5 Å². The fourth-order valence-corrected chi connectivity index (χ4v) is 4.45. The van der Waals surface area contributed by atoms with Gasteiger partial charge in [-0.2, -0.15) is 18.3 Å². The number of carbonyl (C=O) groups is 1. The molecule has 0 unspecified atom stereocenters. The second kappa shape index (κ2) is 9.68. The number of anilines is 1. The molecular formula is C23H20BrF3N4O4. The molecule has 12 heteroatoms. The lowest BCUT2D eigenvalue weighted by Crippen LogP contribution is -2.16. The van der Waals surface area contributed by atoms with Gasteiger partial charge < -0.3 is 10.1 Å². The molecule has 0 saturated heterocycles. The monoisotopic (exact) mass is 552 g/mol. The third-order valence-electron chi connectivity index (χ3n) is 5.33. The summed E-state index contributed by atoms with van der Waals surface area (Å²) in [6, 6.07) is 11.0. The molecule has 184 valence electrons. The summed E-state index contributed by atoms with van der Waals surface area (Å²) < 4.78 is 46.7. The van der Waals surface area contributed by atoms with Gasteiger partial charge >= 0.3 is 6.18 Å². The summed E-state index contributed by atoms with van der Waals surface area (Å²) in [6.45, 7) is 1.80. The Morgan fingerprint density at radius 3 is 2.63 bits per heavy atom. The van der Waals surface area contributed by atoms with Gasteiger partial charge in [0.1, 0.15) is 11.5 Å². The number of nitro groups is 1. The highest BCUT2D eigenvalue weighted by atomic mass is 79.9. The number of non-ortho nitro benzene ring substituents is 1. The first-order chi connectivity index (χ1) is 16.5. The first kappa shape index (κ1) is 24.7. The molecule has 4 rings (SSSR count). The number of halogens is 4. The highest BCUT2D eigenvalue weighted by molar-refractivity contribution is 9.10. The number of nitrogens with one attached hydrogen (secondary N) is 1. The molecule has 0 atom stereocenters. The highest BCUT2D eigenvalue weighted by Crippen LogP contribution is 2.47. The van der Waals surface area contributed by atoms with Crippen molar-refractivity contribution >= 4 is 33.2 Å². The SMILES string of the molecule is Cc1cccc(Oc2cc(NC(=O)CCn3nc(C(F)(F)F)c(Br)c3C3CC3)cc([N+](=O)[O-])c2)c1. The Morgan fingerprint density at radius 1 is 1.26 bits per heavy atom. The maximum atomic E-state index is 13.3. The molecule has 1 aliphatic carbocycles. The minimum atomic E-state index is -4.62. The van der Waals surface area contributed by atoms with Gasteiger partial charge in [0, 0.05) is 24.5 Å². The van der Waals surface area contributed by atoms with Gasteiger partial charge in [-0.15, -0.1) is 0 Å². The first-order valence-electron chi connectivity index (χ1n) is 10.7. The van der Waals surface area contributed by atoms with Crippen LogP contribution in [0.1, 0.15) is 42.1 Å². The number of rotatable bonds is 8. The highest BCUT2D eigenvalue weighted by Gasteiger charge is 2.41. The lowest BCUT2D eigenvalue weighted by atomic mass is 10.2. The predicted octanol–water partition coefficient (Wildman–Crippen LogP) is 6.58. The summed E-state index contributed by atoms with van der Waals surface area (Å²) in [6.07, 6.45) is -3.29. The Bertz CT molecular complexity index is 1290. The quantitative estimate of drug-likeness (QED) is 0.251. The molecular weight excluding hydrogens is 533 g/mol. The summed E-state index contributed by atoms with van der Waals surface area (Å²) in [7, 11) is 0. The molecule has 1 heterocycles. The van der Waals surface area contributed by atoms with E-state index >= 15 is 0 Å². The number of amides is 1. The van der Waals surface area contributed by atoms with Crippen LogP contribution in [0.3, 0.4) is 0 Å². The van der Waals surface area contributed by atoms with E-state index < -0.39 is 22.7 Å². The average Bonchev–Trinajstić information content (AvgIpc) is 3.53. The minimum Gasteiger partial charge on any atom is -0.457 e. The van der Waals surface area contributed by atoms with Crippen molar-refractivity contribution in [2.45, 2.75) is 44.8 Å². The molecule has 8 nitrogen and oxygen atoms in total. The number of nitrogens with zero attached hydrogens (tertiary/aromatic N) is 3. The number of alkyl halides is 3. The molecule has 1 aliphatic rings. The third kappa shape index (κ3) is 5.99. The normalized spacial score (nSPS) is 13.5. The second-order valence-corrected chi connectivity index (χ2v) is 9.03. The largest absolute Gasteiger partial charge is 0.457 e. The van der Waals surface area contributed by atoms with Crippen molar-refractivity contribution in [1.29, 1.82) is 0 Å². The molecule has 1 fully saturated rings. The Hall–Kier alpha value is -3.41. The number of hydrogen-bond donors (Lipinski definition) is 1. The lowest BCUT2D eigenvalue weighted by molar-refractivity contribution is -0.384. The molecule has 2 aromatic carbocycles. The van der Waals surface area contributed by atoms with Gasteiger partial charge in [-0.25, -0.2) is 0 Å².